The van der Waals surface area contributed by atoms with Gasteiger partial charge in [-0.2, -0.15) is 13.5 Å². The molecule has 4 heavy (non-hydrogen) atoms. The van der Waals surface area contributed by atoms with Gasteiger partial charge in [-0.3, -0.25) is 0 Å². The summed E-state index contributed by atoms with van der Waals surface area (Å²) >= 11 is 0. The summed E-state index contributed by atoms with van der Waals surface area (Å²) in [7, 11) is 0. The van der Waals surface area contributed by atoms with E-state index in [0.29, 0.717) is 0 Å². The van der Waals surface area contributed by atoms with Crippen LogP contribution in [0.1, 0.15) is 0 Å². The van der Waals surface area contributed by atoms with Crippen LogP contribution < -0.4 is 0 Å². The van der Waals surface area contributed by atoms with Gasteiger partial charge < -0.3 is 11.0 Å². The van der Waals surface area contributed by atoms with E-state index < -0.39 is 0 Å². The van der Waals surface area contributed by atoms with Gasteiger partial charge in [-0.15, -0.1) is 0 Å². The average Bonchev–Trinajstić information content (AvgIpc) is 0. The Labute approximate surface area is 42.1 Å². The molecule has 0 rings (SSSR count). The fourth-order valence-corrected chi connectivity index (χ4v) is 0. The molecule has 33 valence electrons. The molecule has 0 saturated heterocycles. The Balaban J connectivity index is 0. The van der Waals surface area contributed by atoms with Gasteiger partial charge in [0.25, 0.3) is 0 Å². The Morgan fingerprint density at radius 3 is 0.750 bits per heavy atom. The molecular formula is H4CuO2S. The number of hydrogen-bond donors (Lipinski definition) is 0. The third kappa shape index (κ3) is 14.3. The van der Waals surface area contributed by atoms with E-state index in [0.717, 1.165) is 0 Å². The Bertz CT molecular complexity index is 6.00. The van der Waals surface area contributed by atoms with Gasteiger partial charge in [0.05, 0.1) is 0 Å². The van der Waals surface area contributed by atoms with Crippen molar-refractivity contribution in [3.63, 3.8) is 0 Å². The SMILES string of the molecule is S.[Cu+2].[OH-].[OH-]. The molecule has 0 aliphatic carbocycles. The Kier molecular flexibility index (Phi) is 1310. The largest absolute Gasteiger partial charge is 2.00 e. The molecule has 0 aliphatic heterocycles. The molecule has 0 fully saturated rings. The molecule has 2 N–H and O–H groups in total. The minimum Gasteiger partial charge on any atom is -0.870 e. The number of hydrogen-bond acceptors (Lipinski definition) is 2. The van der Waals surface area contributed by atoms with E-state index in [4.69, 9.17) is 0 Å². The second kappa shape index (κ2) is 47.3. The maximum atomic E-state index is 0. The second-order valence-corrected chi connectivity index (χ2v) is 0. The van der Waals surface area contributed by atoms with Crippen molar-refractivity contribution in [2.45, 2.75) is 0 Å². The average molecular weight is 132 g/mol. The van der Waals surface area contributed by atoms with Gasteiger partial charge in [-0.25, -0.2) is 0 Å². The van der Waals surface area contributed by atoms with Crippen LogP contribution in [-0.4, -0.2) is 11.0 Å². The fourth-order valence-electron chi connectivity index (χ4n) is 0. The van der Waals surface area contributed by atoms with E-state index in [2.05, 4.69) is 0 Å². The molecule has 0 atom stereocenters. The molecule has 1 radical (unpaired) electrons. The zero-order chi connectivity index (χ0) is 0. The van der Waals surface area contributed by atoms with Crippen molar-refractivity contribution in [1.29, 1.82) is 0 Å². The van der Waals surface area contributed by atoms with E-state index in [9.17, 15) is 0 Å². The standard InChI is InChI=1S/Cu.2H2O.H2S/h;3*1H2/q+2;;;/p-2. The van der Waals surface area contributed by atoms with Gasteiger partial charge in [0, 0.05) is 0 Å². The summed E-state index contributed by atoms with van der Waals surface area (Å²) in [6.07, 6.45) is 0. The Morgan fingerprint density at radius 2 is 0.750 bits per heavy atom. The molecule has 0 heterocycles. The normalized spacial score (nSPS) is 0. The predicted molar refractivity (Wildman–Crippen MR) is 14.3 cm³/mol. The van der Waals surface area contributed by atoms with Crippen molar-refractivity contribution in [1.82, 2.24) is 0 Å². The summed E-state index contributed by atoms with van der Waals surface area (Å²) in [5.41, 5.74) is 0. The van der Waals surface area contributed by atoms with Crippen LogP contribution in [-0.2, 0) is 17.1 Å². The van der Waals surface area contributed by atoms with E-state index in [-0.39, 0.29) is 41.5 Å². The molecule has 0 saturated carbocycles. The molecule has 0 unspecified atom stereocenters. The van der Waals surface area contributed by atoms with E-state index in [1.54, 1.807) is 0 Å². The quantitative estimate of drug-likeness (QED) is 0.426. The van der Waals surface area contributed by atoms with Crippen LogP contribution in [0.4, 0.5) is 0 Å². The summed E-state index contributed by atoms with van der Waals surface area (Å²) in [4.78, 5) is 0. The summed E-state index contributed by atoms with van der Waals surface area (Å²) in [5, 5.41) is 0. The maximum Gasteiger partial charge on any atom is 2.00 e. The minimum atomic E-state index is 0. The van der Waals surface area contributed by atoms with Crippen molar-refractivity contribution in [3.05, 3.63) is 0 Å². The van der Waals surface area contributed by atoms with Crippen LogP contribution in [0.5, 0.6) is 0 Å². The molecule has 0 spiro atoms. The summed E-state index contributed by atoms with van der Waals surface area (Å²) in [6, 6.07) is 0. The molecule has 0 amide bonds. The van der Waals surface area contributed by atoms with Crippen LogP contribution in [0.15, 0.2) is 0 Å². The van der Waals surface area contributed by atoms with Crippen LogP contribution in [0.25, 0.3) is 0 Å². The van der Waals surface area contributed by atoms with Crippen LogP contribution in [0, 0.1) is 0 Å². The second-order valence-electron chi connectivity index (χ2n) is 0. The van der Waals surface area contributed by atoms with Crippen molar-refractivity contribution in [2.75, 3.05) is 0 Å². The first-order valence-corrected chi connectivity index (χ1v) is 0. The maximum absolute atomic E-state index is 0. The molecule has 2 nitrogen and oxygen atoms in total. The van der Waals surface area contributed by atoms with Gasteiger partial charge in [0.1, 0.15) is 0 Å². The smallest absolute Gasteiger partial charge is 0.870 e. The van der Waals surface area contributed by atoms with Crippen molar-refractivity contribution in [3.8, 4) is 0 Å². The summed E-state index contributed by atoms with van der Waals surface area (Å²) in [5.74, 6) is 0. The fraction of sp³-hybridized carbons (Fsp3) is 0. The van der Waals surface area contributed by atoms with Crippen LogP contribution in [0.2, 0.25) is 0 Å². The van der Waals surface area contributed by atoms with Crippen molar-refractivity contribution >= 4 is 13.5 Å². The summed E-state index contributed by atoms with van der Waals surface area (Å²) < 4.78 is 0. The first-order chi connectivity index (χ1) is 0. The minimum absolute atomic E-state index is 0. The third-order valence-electron chi connectivity index (χ3n) is 0. The molecule has 0 aromatic carbocycles. The molecule has 0 bridgehead atoms. The topological polar surface area (TPSA) is 60.0 Å². The molecular weight excluding hydrogens is 128 g/mol. The van der Waals surface area contributed by atoms with Crippen molar-refractivity contribution in [2.24, 2.45) is 0 Å². The third-order valence-corrected chi connectivity index (χ3v) is 0. The molecule has 4 heteroatoms. The van der Waals surface area contributed by atoms with Crippen LogP contribution in [0.3, 0.4) is 0 Å². The first kappa shape index (κ1) is 110. The van der Waals surface area contributed by atoms with Gasteiger partial charge in [0.15, 0.2) is 0 Å². The van der Waals surface area contributed by atoms with Gasteiger partial charge in [-0.05, 0) is 0 Å². The number of rotatable bonds is 0. The van der Waals surface area contributed by atoms with Crippen LogP contribution >= 0.6 is 13.5 Å². The zero-order valence-corrected chi connectivity index (χ0v) is 3.64. The van der Waals surface area contributed by atoms with E-state index in [1.807, 2.05) is 0 Å². The molecule has 0 aliphatic rings. The Morgan fingerprint density at radius 1 is 0.750 bits per heavy atom. The van der Waals surface area contributed by atoms with Gasteiger partial charge in [0.2, 0.25) is 0 Å². The predicted octanol–water partition coefficient (Wildman–Crippen LogP) is -0.243. The summed E-state index contributed by atoms with van der Waals surface area (Å²) in [6.45, 7) is 0. The first-order valence-electron chi connectivity index (χ1n) is 0. The Hall–Kier alpha value is 0.789. The van der Waals surface area contributed by atoms with E-state index >= 15 is 0 Å². The van der Waals surface area contributed by atoms with Gasteiger partial charge in [-0.1, -0.05) is 0 Å². The zero-order valence-electron chi connectivity index (χ0n) is 1.70. The van der Waals surface area contributed by atoms with E-state index in [1.165, 1.54) is 0 Å². The van der Waals surface area contributed by atoms with Crippen molar-refractivity contribution < 1.29 is 28.0 Å². The monoisotopic (exact) mass is 131 g/mol. The molecule has 0 aromatic rings. The molecule has 0 aromatic heterocycles. The van der Waals surface area contributed by atoms with Gasteiger partial charge >= 0.3 is 17.1 Å².